The SMILES string of the molecule is CC1CC(CN)CN1C(=O)c1cc(S(=O)(=O)N2CCCCC2)cn1C. The highest BCUT2D eigenvalue weighted by atomic mass is 32.2. The molecule has 0 spiro atoms. The second kappa shape index (κ2) is 7.09. The Morgan fingerprint density at radius 3 is 2.56 bits per heavy atom. The molecule has 25 heavy (non-hydrogen) atoms. The van der Waals surface area contributed by atoms with Crippen LogP contribution in [0.2, 0.25) is 0 Å². The molecule has 0 radical (unpaired) electrons. The molecule has 2 aliphatic heterocycles. The van der Waals surface area contributed by atoms with Crippen molar-refractivity contribution >= 4 is 15.9 Å². The van der Waals surface area contributed by atoms with Crippen LogP contribution in [0.5, 0.6) is 0 Å². The summed E-state index contributed by atoms with van der Waals surface area (Å²) in [7, 11) is -1.80. The van der Waals surface area contributed by atoms with Crippen molar-refractivity contribution in [2.24, 2.45) is 18.7 Å². The monoisotopic (exact) mass is 368 g/mol. The van der Waals surface area contributed by atoms with E-state index in [0.29, 0.717) is 37.8 Å². The number of hydrogen-bond acceptors (Lipinski definition) is 4. The number of carbonyl (C=O) groups excluding carboxylic acids is 1. The fourth-order valence-electron chi connectivity index (χ4n) is 3.89. The van der Waals surface area contributed by atoms with Gasteiger partial charge in [-0.15, -0.1) is 0 Å². The molecular formula is C17H28N4O3S. The van der Waals surface area contributed by atoms with E-state index in [-0.39, 0.29) is 16.8 Å². The number of rotatable bonds is 4. The van der Waals surface area contributed by atoms with E-state index < -0.39 is 10.0 Å². The minimum Gasteiger partial charge on any atom is -0.345 e. The molecule has 2 atom stereocenters. The predicted octanol–water partition coefficient (Wildman–Crippen LogP) is 1.01. The van der Waals surface area contributed by atoms with Crippen LogP contribution in [0.1, 0.15) is 43.1 Å². The van der Waals surface area contributed by atoms with Crippen LogP contribution in [0.15, 0.2) is 17.2 Å². The summed E-state index contributed by atoms with van der Waals surface area (Å²) in [4.78, 5) is 14.9. The molecule has 140 valence electrons. The zero-order valence-corrected chi connectivity index (χ0v) is 15.8. The van der Waals surface area contributed by atoms with Crippen LogP contribution < -0.4 is 5.73 Å². The Kier molecular flexibility index (Phi) is 5.22. The lowest BCUT2D eigenvalue weighted by molar-refractivity contribution is 0.0734. The number of aryl methyl sites for hydroxylation is 1. The van der Waals surface area contributed by atoms with E-state index in [9.17, 15) is 13.2 Å². The van der Waals surface area contributed by atoms with Crippen molar-refractivity contribution in [3.63, 3.8) is 0 Å². The molecule has 0 aliphatic carbocycles. The van der Waals surface area contributed by atoms with Gasteiger partial charge in [0.25, 0.3) is 5.91 Å². The Balaban J connectivity index is 1.84. The molecule has 0 aromatic carbocycles. The second-order valence-electron chi connectivity index (χ2n) is 7.28. The molecule has 3 rings (SSSR count). The first-order chi connectivity index (χ1) is 11.8. The smallest absolute Gasteiger partial charge is 0.270 e. The summed E-state index contributed by atoms with van der Waals surface area (Å²) < 4.78 is 28.8. The maximum Gasteiger partial charge on any atom is 0.270 e. The van der Waals surface area contributed by atoms with E-state index in [1.165, 1.54) is 10.4 Å². The number of nitrogens with zero attached hydrogens (tertiary/aromatic N) is 3. The van der Waals surface area contributed by atoms with Gasteiger partial charge in [-0.2, -0.15) is 4.31 Å². The average Bonchev–Trinajstić information content (AvgIpc) is 3.18. The number of sulfonamides is 1. The van der Waals surface area contributed by atoms with Crippen LogP contribution in [0.4, 0.5) is 0 Å². The highest BCUT2D eigenvalue weighted by Crippen LogP contribution is 2.27. The van der Waals surface area contributed by atoms with E-state index in [1.807, 2.05) is 11.8 Å². The van der Waals surface area contributed by atoms with E-state index >= 15 is 0 Å². The minimum atomic E-state index is -3.53. The van der Waals surface area contributed by atoms with Gasteiger partial charge in [0.05, 0.1) is 0 Å². The highest BCUT2D eigenvalue weighted by molar-refractivity contribution is 7.89. The molecule has 1 aromatic rings. The number of carbonyl (C=O) groups is 1. The molecule has 2 saturated heterocycles. The first kappa shape index (κ1) is 18.4. The van der Waals surface area contributed by atoms with Crippen LogP contribution >= 0.6 is 0 Å². The number of piperidine rings is 1. The van der Waals surface area contributed by atoms with Crippen molar-refractivity contribution in [1.29, 1.82) is 0 Å². The van der Waals surface area contributed by atoms with E-state index in [0.717, 1.165) is 25.7 Å². The van der Waals surface area contributed by atoms with Crippen molar-refractivity contribution in [2.75, 3.05) is 26.2 Å². The summed E-state index contributed by atoms with van der Waals surface area (Å²) in [6.45, 7) is 4.33. The Morgan fingerprint density at radius 2 is 1.96 bits per heavy atom. The molecule has 1 amide bonds. The second-order valence-corrected chi connectivity index (χ2v) is 9.22. The summed E-state index contributed by atoms with van der Waals surface area (Å²) in [5, 5.41) is 0. The summed E-state index contributed by atoms with van der Waals surface area (Å²) >= 11 is 0. The van der Waals surface area contributed by atoms with Crippen LogP contribution in [0, 0.1) is 5.92 Å². The van der Waals surface area contributed by atoms with Gasteiger partial charge < -0.3 is 15.2 Å². The number of likely N-dealkylation sites (tertiary alicyclic amines) is 1. The van der Waals surface area contributed by atoms with Crippen molar-refractivity contribution in [1.82, 2.24) is 13.8 Å². The molecule has 7 nitrogen and oxygen atoms in total. The zero-order valence-electron chi connectivity index (χ0n) is 15.0. The molecule has 8 heteroatoms. The topological polar surface area (TPSA) is 88.6 Å². The van der Waals surface area contributed by atoms with Gasteiger partial charge in [0.2, 0.25) is 10.0 Å². The van der Waals surface area contributed by atoms with Crippen molar-refractivity contribution in [3.8, 4) is 0 Å². The lowest BCUT2D eigenvalue weighted by atomic mass is 10.1. The zero-order chi connectivity index (χ0) is 18.2. The highest BCUT2D eigenvalue weighted by Gasteiger charge is 2.34. The summed E-state index contributed by atoms with van der Waals surface area (Å²) in [5.74, 6) is 0.196. The molecule has 1 aromatic heterocycles. The number of hydrogen-bond donors (Lipinski definition) is 1. The largest absolute Gasteiger partial charge is 0.345 e. The maximum absolute atomic E-state index is 12.9. The molecule has 2 N–H and O–H groups in total. The van der Waals surface area contributed by atoms with Gasteiger partial charge in [-0.25, -0.2) is 8.42 Å². The lowest BCUT2D eigenvalue weighted by Crippen LogP contribution is -2.36. The van der Waals surface area contributed by atoms with Crippen LogP contribution in [0.25, 0.3) is 0 Å². The van der Waals surface area contributed by atoms with Gasteiger partial charge in [-0.05, 0) is 44.7 Å². The van der Waals surface area contributed by atoms with Crippen LogP contribution in [0.3, 0.4) is 0 Å². The fraction of sp³-hybridized carbons (Fsp3) is 0.706. The van der Waals surface area contributed by atoms with Gasteiger partial charge in [-0.1, -0.05) is 6.42 Å². The molecule has 3 heterocycles. The lowest BCUT2D eigenvalue weighted by Gasteiger charge is -2.25. The van der Waals surface area contributed by atoms with Crippen LogP contribution in [-0.4, -0.2) is 60.3 Å². The number of aromatic nitrogens is 1. The van der Waals surface area contributed by atoms with E-state index in [2.05, 4.69) is 0 Å². The quantitative estimate of drug-likeness (QED) is 0.859. The van der Waals surface area contributed by atoms with Gasteiger partial charge in [-0.3, -0.25) is 4.79 Å². The number of amides is 1. The summed E-state index contributed by atoms with van der Waals surface area (Å²) in [6.07, 6.45) is 5.30. The van der Waals surface area contributed by atoms with E-state index in [4.69, 9.17) is 5.73 Å². The first-order valence-electron chi connectivity index (χ1n) is 9.02. The summed E-state index contributed by atoms with van der Waals surface area (Å²) in [6, 6.07) is 1.65. The third-order valence-corrected chi connectivity index (χ3v) is 7.27. The standard InChI is InChI=1S/C17H28N4O3S/c1-13-8-14(10-18)11-21(13)17(22)16-9-15(12-19(16)2)25(23,24)20-6-4-3-5-7-20/h9,12-14H,3-8,10-11,18H2,1-2H3. The maximum atomic E-state index is 12.9. The normalized spacial score (nSPS) is 25.5. The Hall–Kier alpha value is -1.38. The first-order valence-corrected chi connectivity index (χ1v) is 10.5. The minimum absolute atomic E-state index is 0.119. The van der Waals surface area contributed by atoms with Gasteiger partial charge >= 0.3 is 0 Å². The molecular weight excluding hydrogens is 340 g/mol. The van der Waals surface area contributed by atoms with Crippen LogP contribution in [-0.2, 0) is 17.1 Å². The van der Waals surface area contributed by atoms with Crippen molar-refractivity contribution in [3.05, 3.63) is 18.0 Å². The molecule has 0 saturated carbocycles. The average molecular weight is 369 g/mol. The predicted molar refractivity (Wildman–Crippen MR) is 95.7 cm³/mol. The van der Waals surface area contributed by atoms with Crippen molar-refractivity contribution in [2.45, 2.75) is 43.5 Å². The molecule has 2 unspecified atom stereocenters. The fourth-order valence-corrected chi connectivity index (χ4v) is 5.47. The molecule has 2 aliphatic rings. The summed E-state index contributed by atoms with van der Waals surface area (Å²) in [5.41, 5.74) is 6.16. The third-order valence-electron chi connectivity index (χ3n) is 5.41. The van der Waals surface area contributed by atoms with Gasteiger partial charge in [0.15, 0.2) is 0 Å². The molecule has 2 fully saturated rings. The van der Waals surface area contributed by atoms with Crippen molar-refractivity contribution < 1.29 is 13.2 Å². The number of nitrogens with two attached hydrogens (primary N) is 1. The Morgan fingerprint density at radius 1 is 1.28 bits per heavy atom. The Bertz CT molecular complexity index is 737. The van der Waals surface area contributed by atoms with E-state index in [1.54, 1.807) is 17.8 Å². The third kappa shape index (κ3) is 3.47. The van der Waals surface area contributed by atoms with Gasteiger partial charge in [0, 0.05) is 38.9 Å². The Labute approximate surface area is 149 Å². The van der Waals surface area contributed by atoms with Gasteiger partial charge in [0.1, 0.15) is 10.6 Å². The molecule has 0 bridgehead atoms.